The van der Waals surface area contributed by atoms with Crippen LogP contribution < -0.4 is 5.32 Å². The number of hydrogen-bond donors (Lipinski definition) is 1. The molecule has 0 radical (unpaired) electrons. The third-order valence-electron chi connectivity index (χ3n) is 4.26. The summed E-state index contributed by atoms with van der Waals surface area (Å²) >= 11 is 6.09. The van der Waals surface area contributed by atoms with Crippen molar-refractivity contribution in [1.82, 2.24) is 14.7 Å². The van der Waals surface area contributed by atoms with Crippen molar-refractivity contribution < 1.29 is 17.6 Å². The van der Waals surface area contributed by atoms with Gasteiger partial charge in [0.2, 0.25) is 5.91 Å². The molecule has 12 heteroatoms. The van der Waals surface area contributed by atoms with Crippen molar-refractivity contribution in [3.63, 3.8) is 0 Å². The highest BCUT2D eigenvalue weighted by atomic mass is 35.5. The summed E-state index contributed by atoms with van der Waals surface area (Å²) in [7, 11) is -1.20. The van der Waals surface area contributed by atoms with Crippen molar-refractivity contribution >= 4 is 39.6 Å². The molecule has 0 atom stereocenters. The van der Waals surface area contributed by atoms with Gasteiger partial charge in [0.1, 0.15) is 23.0 Å². The Balaban J connectivity index is 2.09. The molecule has 1 N–H and O–H groups in total. The van der Waals surface area contributed by atoms with Crippen LogP contribution in [0.4, 0.5) is 10.1 Å². The third-order valence-corrected chi connectivity index (χ3v) is 5.87. The molecular weight excluding hydrogens is 471 g/mol. The van der Waals surface area contributed by atoms with Crippen molar-refractivity contribution in [3.05, 3.63) is 70.8 Å². The normalized spacial score (nSPS) is 11.4. The monoisotopic (exact) mass is 488 g/mol. The molecule has 0 aliphatic heterocycles. The average molecular weight is 489 g/mol. The second kappa shape index (κ2) is 9.81. The Bertz CT molecular complexity index is 1380. The molecule has 0 bridgehead atoms. The van der Waals surface area contributed by atoms with E-state index in [1.807, 2.05) is 6.07 Å². The highest BCUT2D eigenvalue weighted by Crippen LogP contribution is 2.30. The predicted molar refractivity (Wildman–Crippen MR) is 121 cm³/mol. The summed E-state index contributed by atoms with van der Waals surface area (Å²) in [5.41, 5.74) is 0.261. The van der Waals surface area contributed by atoms with Gasteiger partial charge in [-0.3, -0.25) is 4.79 Å². The Morgan fingerprint density at radius 2 is 2.09 bits per heavy atom. The van der Waals surface area contributed by atoms with E-state index in [1.165, 1.54) is 11.0 Å². The average Bonchev–Trinajstić information content (AvgIpc) is 3.19. The van der Waals surface area contributed by atoms with Crippen molar-refractivity contribution in [2.45, 2.75) is 11.3 Å². The predicted octanol–water partition coefficient (Wildman–Crippen LogP) is 3.00. The van der Waals surface area contributed by atoms with Crippen molar-refractivity contribution in [1.29, 1.82) is 5.26 Å². The fourth-order valence-corrected chi connectivity index (χ4v) is 4.21. The van der Waals surface area contributed by atoms with Gasteiger partial charge in [0.25, 0.3) is 10.0 Å². The molecule has 2 aromatic carbocycles. The maximum Gasteiger partial charge on any atom is 0.285 e. The number of halogens is 2. The van der Waals surface area contributed by atoms with Crippen LogP contribution in [0.25, 0.3) is 5.69 Å². The van der Waals surface area contributed by atoms with Crippen LogP contribution >= 0.6 is 11.6 Å². The zero-order valence-corrected chi connectivity index (χ0v) is 19.1. The molecule has 9 nitrogen and oxygen atoms in total. The first-order valence-electron chi connectivity index (χ1n) is 9.39. The summed E-state index contributed by atoms with van der Waals surface area (Å²) in [6, 6.07) is 11.1. The number of nitrogens with one attached hydrogen (secondary N) is 1. The lowest BCUT2D eigenvalue weighted by Gasteiger charge is -2.14. The summed E-state index contributed by atoms with van der Waals surface area (Å²) in [5.74, 6) is -1.21. The largest absolute Gasteiger partial charge is 0.368 e. The molecule has 0 aliphatic carbocycles. The number of carbonyl (C=O) groups excluding carboxylic acids is 1. The summed E-state index contributed by atoms with van der Waals surface area (Å²) in [6.07, 6.45) is 2.80. The molecule has 0 saturated carbocycles. The summed E-state index contributed by atoms with van der Waals surface area (Å²) in [5, 5.41) is 16.4. The van der Waals surface area contributed by atoms with Crippen LogP contribution in [0.1, 0.15) is 11.1 Å². The number of benzene rings is 2. The van der Waals surface area contributed by atoms with Gasteiger partial charge in [0, 0.05) is 24.8 Å². The van der Waals surface area contributed by atoms with Gasteiger partial charge in [-0.15, -0.1) is 4.40 Å². The maximum absolute atomic E-state index is 13.6. The topological polar surface area (TPSA) is 120 Å². The van der Waals surface area contributed by atoms with Crippen LogP contribution in [0.2, 0.25) is 5.02 Å². The smallest absolute Gasteiger partial charge is 0.285 e. The van der Waals surface area contributed by atoms with E-state index >= 15 is 0 Å². The zero-order chi connectivity index (χ0) is 24.2. The molecule has 0 fully saturated rings. The number of sulfonamides is 1. The highest BCUT2D eigenvalue weighted by molar-refractivity contribution is 7.90. The van der Waals surface area contributed by atoms with Crippen molar-refractivity contribution in [2.75, 3.05) is 19.4 Å². The Morgan fingerprint density at radius 3 is 2.70 bits per heavy atom. The van der Waals surface area contributed by atoms with E-state index in [0.717, 1.165) is 29.5 Å². The third kappa shape index (κ3) is 5.74. The SMILES string of the molecule is CN(C)C=NS(=O)(=O)c1cc(NC(=O)Cc2ccccc2Cl)cc(C#N)c1-n1cc(F)cn1. The number of carbonyl (C=O) groups is 1. The molecule has 0 spiro atoms. The minimum absolute atomic E-state index is 0.0404. The zero-order valence-electron chi connectivity index (χ0n) is 17.5. The number of anilines is 1. The van der Waals surface area contributed by atoms with Crippen LogP contribution in [0.3, 0.4) is 0 Å². The number of amides is 1. The van der Waals surface area contributed by atoms with Crippen LogP contribution in [0.15, 0.2) is 58.1 Å². The van der Waals surface area contributed by atoms with E-state index in [2.05, 4.69) is 14.8 Å². The first-order chi connectivity index (χ1) is 15.6. The van der Waals surface area contributed by atoms with E-state index in [-0.39, 0.29) is 23.4 Å². The van der Waals surface area contributed by atoms with Gasteiger partial charge in [-0.05, 0) is 23.8 Å². The van der Waals surface area contributed by atoms with Crippen LogP contribution in [-0.4, -0.2) is 49.4 Å². The first kappa shape index (κ1) is 23.9. The van der Waals surface area contributed by atoms with E-state index in [1.54, 1.807) is 38.4 Å². The number of rotatable bonds is 7. The van der Waals surface area contributed by atoms with Crippen LogP contribution in [-0.2, 0) is 21.2 Å². The van der Waals surface area contributed by atoms with Gasteiger partial charge in [-0.1, -0.05) is 29.8 Å². The van der Waals surface area contributed by atoms with E-state index in [9.17, 15) is 22.9 Å². The molecule has 1 amide bonds. The van der Waals surface area contributed by atoms with Crippen LogP contribution in [0, 0.1) is 17.1 Å². The molecule has 1 heterocycles. The van der Waals surface area contributed by atoms with E-state index in [0.29, 0.717) is 10.6 Å². The van der Waals surface area contributed by atoms with Gasteiger partial charge in [-0.2, -0.15) is 18.8 Å². The molecule has 3 rings (SSSR count). The number of nitriles is 1. The summed E-state index contributed by atoms with van der Waals surface area (Å²) in [6.45, 7) is 0. The highest BCUT2D eigenvalue weighted by Gasteiger charge is 2.25. The van der Waals surface area contributed by atoms with Gasteiger partial charge in [0.05, 0.1) is 24.4 Å². The number of aromatic nitrogens is 2. The molecule has 0 saturated heterocycles. The molecule has 3 aromatic rings. The van der Waals surface area contributed by atoms with Crippen molar-refractivity contribution in [2.24, 2.45) is 4.40 Å². The standard InChI is InChI=1S/C21H18ClFN6O3S/c1-28(2)13-26-33(31,32)19-9-17(27-20(30)8-14-5-3-4-6-18(14)22)7-15(10-24)21(19)29-12-16(23)11-25-29/h3-7,9,11-13H,8H2,1-2H3,(H,27,30). The summed E-state index contributed by atoms with van der Waals surface area (Å²) in [4.78, 5) is 13.5. The van der Waals surface area contributed by atoms with E-state index < -0.39 is 26.6 Å². The molecule has 1 aromatic heterocycles. The number of nitrogens with zero attached hydrogens (tertiary/aromatic N) is 5. The van der Waals surface area contributed by atoms with E-state index in [4.69, 9.17) is 11.6 Å². The minimum atomic E-state index is -4.36. The maximum atomic E-state index is 13.6. The minimum Gasteiger partial charge on any atom is -0.368 e. The lowest BCUT2D eigenvalue weighted by Crippen LogP contribution is -2.17. The second-order valence-corrected chi connectivity index (χ2v) is 9.07. The molecule has 0 aliphatic rings. The van der Waals surface area contributed by atoms with Crippen LogP contribution in [0.5, 0.6) is 0 Å². The molecule has 0 unspecified atom stereocenters. The van der Waals surface area contributed by atoms with Gasteiger partial charge in [0.15, 0.2) is 5.82 Å². The Hall–Kier alpha value is -3.75. The number of hydrogen-bond acceptors (Lipinski definition) is 5. The quantitative estimate of drug-likeness (QED) is 0.403. The second-order valence-electron chi connectivity index (χ2n) is 7.06. The fraction of sp³-hybridized carbons (Fsp3) is 0.143. The van der Waals surface area contributed by atoms with Gasteiger partial charge >= 0.3 is 0 Å². The Labute approximate surface area is 194 Å². The van der Waals surface area contributed by atoms with Gasteiger partial charge < -0.3 is 10.2 Å². The Morgan fingerprint density at radius 1 is 1.36 bits per heavy atom. The lowest BCUT2D eigenvalue weighted by atomic mass is 10.1. The van der Waals surface area contributed by atoms with Crippen molar-refractivity contribution in [3.8, 4) is 11.8 Å². The molecular formula is C21H18ClFN6O3S. The molecule has 170 valence electrons. The fourth-order valence-electron chi connectivity index (χ4n) is 2.85. The lowest BCUT2D eigenvalue weighted by molar-refractivity contribution is -0.115. The summed E-state index contributed by atoms with van der Waals surface area (Å²) < 4.78 is 44.1. The van der Waals surface area contributed by atoms with Gasteiger partial charge in [-0.25, -0.2) is 9.07 Å². The molecule has 33 heavy (non-hydrogen) atoms. The first-order valence-corrected chi connectivity index (χ1v) is 11.2. The Kier molecular flexibility index (Phi) is 7.10.